The van der Waals surface area contributed by atoms with Crippen molar-refractivity contribution in [1.29, 1.82) is 0 Å². The van der Waals surface area contributed by atoms with Crippen LogP contribution in [-0.4, -0.2) is 13.7 Å². The molecule has 0 unspecified atom stereocenters. The number of primary sulfonamides is 1. The molecule has 84 valence electrons. The van der Waals surface area contributed by atoms with Crippen molar-refractivity contribution in [3.8, 4) is 0 Å². The largest absolute Gasteiger partial charge is 0.228 e. The molecule has 1 rings (SSSR count). The fourth-order valence-electron chi connectivity index (χ4n) is 1.11. The van der Waals surface area contributed by atoms with Gasteiger partial charge in [-0.2, -0.15) is 0 Å². The number of benzene rings is 1. The van der Waals surface area contributed by atoms with Gasteiger partial charge in [0.15, 0.2) is 0 Å². The highest BCUT2D eigenvalue weighted by molar-refractivity contribution is 9.10. The summed E-state index contributed by atoms with van der Waals surface area (Å²) >= 11 is 3.12. The molecule has 0 saturated heterocycles. The molecule has 15 heavy (non-hydrogen) atoms. The van der Waals surface area contributed by atoms with E-state index < -0.39 is 21.1 Å². The highest BCUT2D eigenvalue weighted by atomic mass is 79.9. The molecule has 0 radical (unpaired) electrons. The predicted octanol–water partition coefficient (Wildman–Crippen LogP) is 1.81. The molecule has 0 bridgehead atoms. The van der Waals surface area contributed by atoms with E-state index in [-0.39, 0.29) is 6.42 Å². The Hall–Kier alpha value is -0.460. The third-order valence-corrected chi connectivity index (χ3v) is 3.86. The maximum absolute atomic E-state index is 13.3. The van der Waals surface area contributed by atoms with E-state index in [1.54, 1.807) is 12.1 Å². The molecule has 0 saturated carbocycles. The molecule has 0 spiro atoms. The van der Waals surface area contributed by atoms with E-state index in [0.717, 1.165) is 0 Å². The van der Waals surface area contributed by atoms with Gasteiger partial charge in [0.05, 0.1) is 5.25 Å². The number of hydrogen-bond acceptors (Lipinski definition) is 2. The van der Waals surface area contributed by atoms with Gasteiger partial charge in [-0.1, -0.05) is 22.0 Å². The zero-order valence-corrected chi connectivity index (χ0v) is 10.5. The van der Waals surface area contributed by atoms with Gasteiger partial charge in [-0.05, 0) is 31.0 Å². The Morgan fingerprint density at radius 3 is 2.60 bits per heavy atom. The van der Waals surface area contributed by atoms with Crippen LogP contribution < -0.4 is 5.14 Å². The first-order valence-corrected chi connectivity index (χ1v) is 6.66. The maximum Gasteiger partial charge on any atom is 0.212 e. The Kier molecular flexibility index (Phi) is 3.86. The van der Waals surface area contributed by atoms with Crippen molar-refractivity contribution in [2.75, 3.05) is 0 Å². The van der Waals surface area contributed by atoms with Crippen molar-refractivity contribution in [1.82, 2.24) is 0 Å². The molecule has 1 aromatic carbocycles. The Morgan fingerprint density at radius 1 is 1.53 bits per heavy atom. The summed E-state index contributed by atoms with van der Waals surface area (Å²) in [7, 11) is -3.61. The Morgan fingerprint density at radius 2 is 2.13 bits per heavy atom. The van der Waals surface area contributed by atoms with Crippen molar-refractivity contribution in [2.45, 2.75) is 18.6 Å². The summed E-state index contributed by atoms with van der Waals surface area (Å²) in [4.78, 5) is 0. The van der Waals surface area contributed by atoms with Crippen molar-refractivity contribution in [3.05, 3.63) is 34.1 Å². The lowest BCUT2D eigenvalue weighted by atomic mass is 10.1. The minimum absolute atomic E-state index is 0.0813. The summed E-state index contributed by atoms with van der Waals surface area (Å²) in [5, 5.41) is 4.16. The van der Waals surface area contributed by atoms with Crippen molar-refractivity contribution in [2.24, 2.45) is 5.14 Å². The van der Waals surface area contributed by atoms with E-state index in [0.29, 0.717) is 10.0 Å². The molecule has 3 nitrogen and oxygen atoms in total. The van der Waals surface area contributed by atoms with E-state index >= 15 is 0 Å². The molecule has 2 N–H and O–H groups in total. The van der Waals surface area contributed by atoms with Crippen LogP contribution in [0.25, 0.3) is 0 Å². The van der Waals surface area contributed by atoms with Crippen LogP contribution in [0, 0.1) is 5.82 Å². The first kappa shape index (κ1) is 12.6. The molecular formula is C9H11BrFNO2S. The van der Waals surface area contributed by atoms with Gasteiger partial charge in [0.1, 0.15) is 5.82 Å². The standard InChI is InChI=1S/C9H11BrFNO2S/c1-6(15(12,13)14)4-7-2-3-8(10)5-9(7)11/h2-3,5-6H,4H2,1H3,(H2,12,13,14)/t6-/m0/s1. The Bertz CT molecular complexity index is 461. The van der Waals surface area contributed by atoms with Gasteiger partial charge < -0.3 is 0 Å². The monoisotopic (exact) mass is 295 g/mol. The third-order valence-electron chi connectivity index (χ3n) is 2.08. The quantitative estimate of drug-likeness (QED) is 0.924. The van der Waals surface area contributed by atoms with Crippen LogP contribution in [0.3, 0.4) is 0 Å². The van der Waals surface area contributed by atoms with Crippen LogP contribution in [0.4, 0.5) is 4.39 Å². The van der Waals surface area contributed by atoms with Crippen LogP contribution in [0.2, 0.25) is 0 Å². The average Bonchev–Trinajstić information content (AvgIpc) is 2.08. The van der Waals surface area contributed by atoms with Crippen molar-refractivity contribution < 1.29 is 12.8 Å². The second-order valence-electron chi connectivity index (χ2n) is 3.34. The molecule has 1 atom stereocenters. The summed E-state index contributed by atoms with van der Waals surface area (Å²) in [5.41, 5.74) is 0.347. The number of nitrogens with two attached hydrogens (primary N) is 1. The lowest BCUT2D eigenvalue weighted by Crippen LogP contribution is -2.27. The van der Waals surface area contributed by atoms with Gasteiger partial charge in [-0.25, -0.2) is 17.9 Å². The van der Waals surface area contributed by atoms with E-state index in [2.05, 4.69) is 15.9 Å². The third kappa shape index (κ3) is 3.55. The van der Waals surface area contributed by atoms with Crippen molar-refractivity contribution in [3.63, 3.8) is 0 Å². The van der Waals surface area contributed by atoms with Crippen molar-refractivity contribution >= 4 is 26.0 Å². The topological polar surface area (TPSA) is 60.2 Å². The van der Waals surface area contributed by atoms with Crippen LogP contribution >= 0.6 is 15.9 Å². The zero-order valence-electron chi connectivity index (χ0n) is 8.07. The average molecular weight is 296 g/mol. The molecular weight excluding hydrogens is 285 g/mol. The van der Waals surface area contributed by atoms with Gasteiger partial charge in [-0.15, -0.1) is 0 Å². The Labute approximate surface area is 96.7 Å². The number of sulfonamides is 1. The van der Waals surface area contributed by atoms with Crippen LogP contribution in [0.15, 0.2) is 22.7 Å². The zero-order chi connectivity index (χ0) is 11.6. The first-order valence-electron chi connectivity index (χ1n) is 4.26. The number of rotatable bonds is 3. The molecule has 0 fully saturated rings. The van der Waals surface area contributed by atoms with E-state index in [1.807, 2.05) is 0 Å². The highest BCUT2D eigenvalue weighted by Gasteiger charge is 2.17. The molecule has 0 aliphatic heterocycles. The lowest BCUT2D eigenvalue weighted by Gasteiger charge is -2.09. The van der Waals surface area contributed by atoms with Crippen LogP contribution in [0.5, 0.6) is 0 Å². The van der Waals surface area contributed by atoms with Gasteiger partial charge in [0.2, 0.25) is 10.0 Å². The SMILES string of the molecule is C[C@@H](Cc1ccc(Br)cc1F)S(N)(=O)=O. The smallest absolute Gasteiger partial charge is 0.212 e. The van der Waals surface area contributed by atoms with Crippen LogP contribution in [-0.2, 0) is 16.4 Å². The highest BCUT2D eigenvalue weighted by Crippen LogP contribution is 2.17. The fraction of sp³-hybridized carbons (Fsp3) is 0.333. The second-order valence-corrected chi connectivity index (χ2v) is 6.24. The Balaban J connectivity index is 2.91. The summed E-state index contributed by atoms with van der Waals surface area (Å²) < 4.78 is 35.9. The molecule has 6 heteroatoms. The minimum atomic E-state index is -3.61. The molecule has 0 aliphatic carbocycles. The first-order chi connectivity index (χ1) is 6.80. The van der Waals surface area contributed by atoms with Gasteiger partial charge in [0.25, 0.3) is 0 Å². The van der Waals surface area contributed by atoms with Crippen LogP contribution in [0.1, 0.15) is 12.5 Å². The summed E-state index contributed by atoms with van der Waals surface area (Å²) in [6.45, 7) is 1.46. The fourth-order valence-corrected chi connectivity index (χ4v) is 1.86. The van der Waals surface area contributed by atoms with E-state index in [9.17, 15) is 12.8 Å². The maximum atomic E-state index is 13.3. The molecule has 0 aromatic heterocycles. The normalized spacial score (nSPS) is 13.9. The predicted molar refractivity (Wildman–Crippen MR) is 60.4 cm³/mol. The van der Waals surface area contributed by atoms with Gasteiger partial charge >= 0.3 is 0 Å². The molecule has 0 amide bonds. The summed E-state index contributed by atoms with van der Waals surface area (Å²) in [6, 6.07) is 4.50. The van der Waals surface area contributed by atoms with E-state index in [1.165, 1.54) is 13.0 Å². The van der Waals surface area contributed by atoms with Gasteiger partial charge in [-0.3, -0.25) is 0 Å². The molecule has 1 aromatic rings. The van der Waals surface area contributed by atoms with Gasteiger partial charge in [0, 0.05) is 4.47 Å². The summed E-state index contributed by atoms with van der Waals surface area (Å²) in [6.07, 6.45) is 0.0813. The molecule has 0 heterocycles. The lowest BCUT2D eigenvalue weighted by molar-refractivity contribution is 0.577. The summed E-state index contributed by atoms with van der Waals surface area (Å²) in [5.74, 6) is -0.431. The van der Waals surface area contributed by atoms with E-state index in [4.69, 9.17) is 5.14 Å². The minimum Gasteiger partial charge on any atom is -0.228 e. The second kappa shape index (κ2) is 4.59. The number of hydrogen-bond donors (Lipinski definition) is 1. The number of halogens is 2. The molecule has 0 aliphatic rings.